The molecule has 1 atom stereocenters. The zero-order chi connectivity index (χ0) is 22.2. The molecule has 1 aromatic heterocycles. The Labute approximate surface area is 183 Å². The van der Waals surface area contributed by atoms with E-state index < -0.39 is 23.5 Å². The minimum atomic E-state index is -0.951. The molecule has 5 nitrogen and oxygen atoms in total. The summed E-state index contributed by atoms with van der Waals surface area (Å²) in [6.45, 7) is 0. The topological polar surface area (TPSA) is 70.5 Å². The van der Waals surface area contributed by atoms with Crippen molar-refractivity contribution in [2.75, 3.05) is 4.90 Å². The van der Waals surface area contributed by atoms with E-state index >= 15 is 0 Å². The van der Waals surface area contributed by atoms with Crippen LogP contribution in [-0.4, -0.2) is 21.8 Å². The van der Waals surface area contributed by atoms with E-state index in [1.807, 2.05) is 30.3 Å². The number of rotatable bonds is 3. The normalized spacial score (nSPS) is 17.8. The van der Waals surface area contributed by atoms with Gasteiger partial charge < -0.3 is 5.11 Å². The summed E-state index contributed by atoms with van der Waals surface area (Å²) in [5.74, 6) is -2.38. The Hall–Kier alpha value is -4.32. The fourth-order valence-corrected chi connectivity index (χ4v) is 4.01. The van der Waals surface area contributed by atoms with Gasteiger partial charge in [-0.15, -0.1) is 0 Å². The number of amides is 1. The molecule has 1 N–H and O–H groups in total. The van der Waals surface area contributed by atoms with Crippen molar-refractivity contribution in [1.29, 1.82) is 0 Å². The molecule has 2 heterocycles. The first-order chi connectivity index (χ1) is 15.5. The SMILES string of the molecule is O=C1C(=O)N(c2ccc(F)cc2)C(c2ccccn2)/C1=C(/O)c1ccc2ccccc2c1. The molecule has 4 aromatic rings. The first-order valence-corrected chi connectivity index (χ1v) is 10.0. The van der Waals surface area contributed by atoms with Gasteiger partial charge in [-0.05, 0) is 53.2 Å². The van der Waals surface area contributed by atoms with E-state index in [2.05, 4.69) is 4.98 Å². The molecule has 5 rings (SSSR count). The number of anilines is 1. The van der Waals surface area contributed by atoms with Crippen molar-refractivity contribution >= 4 is 33.9 Å². The molecule has 3 aromatic carbocycles. The minimum absolute atomic E-state index is 0.0618. The fourth-order valence-electron chi connectivity index (χ4n) is 4.01. The number of benzene rings is 3. The van der Waals surface area contributed by atoms with Crippen LogP contribution in [0.2, 0.25) is 0 Å². The van der Waals surface area contributed by atoms with Gasteiger partial charge in [-0.3, -0.25) is 19.5 Å². The summed E-state index contributed by atoms with van der Waals surface area (Å²) in [5, 5.41) is 13.1. The third-order valence-corrected chi connectivity index (χ3v) is 5.54. The molecular formula is C26H17FN2O3. The lowest BCUT2D eigenvalue weighted by Crippen LogP contribution is -2.29. The second-order valence-corrected chi connectivity index (χ2v) is 7.46. The zero-order valence-electron chi connectivity index (χ0n) is 16.8. The lowest BCUT2D eigenvalue weighted by atomic mass is 9.97. The van der Waals surface area contributed by atoms with Gasteiger partial charge in [-0.2, -0.15) is 0 Å². The standard InChI is InChI=1S/C26H17FN2O3/c27-19-10-12-20(13-11-19)29-23(21-7-3-4-14-28-21)22(25(31)26(29)32)24(30)18-9-8-16-5-1-2-6-17(16)15-18/h1-15,23,30H/b24-22-. The van der Waals surface area contributed by atoms with Crippen LogP contribution in [0.5, 0.6) is 0 Å². The van der Waals surface area contributed by atoms with Gasteiger partial charge in [0.2, 0.25) is 0 Å². The van der Waals surface area contributed by atoms with Crippen LogP contribution in [-0.2, 0) is 9.59 Å². The van der Waals surface area contributed by atoms with Gasteiger partial charge >= 0.3 is 0 Å². The van der Waals surface area contributed by atoms with Gasteiger partial charge in [0.1, 0.15) is 17.6 Å². The van der Waals surface area contributed by atoms with Gasteiger partial charge in [-0.1, -0.05) is 42.5 Å². The monoisotopic (exact) mass is 424 g/mol. The Bertz CT molecular complexity index is 1380. The first kappa shape index (κ1) is 19.6. The van der Waals surface area contributed by atoms with Gasteiger partial charge in [0.25, 0.3) is 11.7 Å². The average Bonchev–Trinajstić information content (AvgIpc) is 3.10. The summed E-state index contributed by atoms with van der Waals surface area (Å²) in [6.07, 6.45) is 1.55. The van der Waals surface area contributed by atoms with Crippen LogP contribution in [0.1, 0.15) is 17.3 Å². The molecule has 0 spiro atoms. The molecule has 0 saturated carbocycles. The van der Waals surface area contributed by atoms with Crippen LogP contribution >= 0.6 is 0 Å². The number of Topliss-reactive ketones (excluding diaryl/α,β-unsaturated/α-hetero) is 1. The molecule has 0 bridgehead atoms. The third kappa shape index (κ3) is 3.22. The molecular weight excluding hydrogens is 407 g/mol. The molecule has 0 aliphatic carbocycles. The zero-order valence-corrected chi connectivity index (χ0v) is 16.8. The molecule has 6 heteroatoms. The van der Waals surface area contributed by atoms with Crippen LogP contribution in [0, 0.1) is 5.82 Å². The average molecular weight is 424 g/mol. The Morgan fingerprint density at radius 2 is 1.59 bits per heavy atom. The van der Waals surface area contributed by atoms with E-state index in [9.17, 15) is 19.1 Å². The maximum absolute atomic E-state index is 13.5. The molecule has 156 valence electrons. The number of fused-ring (bicyclic) bond motifs is 1. The van der Waals surface area contributed by atoms with Crippen molar-refractivity contribution in [2.24, 2.45) is 0 Å². The van der Waals surface area contributed by atoms with Gasteiger partial charge in [0.15, 0.2) is 0 Å². The predicted molar refractivity (Wildman–Crippen MR) is 119 cm³/mol. The van der Waals surface area contributed by atoms with Gasteiger partial charge in [0, 0.05) is 17.4 Å². The highest BCUT2D eigenvalue weighted by molar-refractivity contribution is 6.51. The lowest BCUT2D eigenvalue weighted by Gasteiger charge is -2.24. The Morgan fingerprint density at radius 3 is 2.31 bits per heavy atom. The quantitative estimate of drug-likeness (QED) is 0.285. The van der Waals surface area contributed by atoms with E-state index in [1.165, 1.54) is 29.2 Å². The Balaban J connectivity index is 1.72. The van der Waals surface area contributed by atoms with Gasteiger partial charge in [-0.25, -0.2) is 4.39 Å². The summed E-state index contributed by atoms with van der Waals surface area (Å²) < 4.78 is 13.5. The maximum Gasteiger partial charge on any atom is 0.300 e. The Kier molecular flexibility index (Phi) is 4.75. The molecule has 1 saturated heterocycles. The first-order valence-electron chi connectivity index (χ1n) is 10.0. The molecule has 1 amide bonds. The number of carbonyl (C=O) groups is 2. The number of aromatic nitrogens is 1. The van der Waals surface area contributed by atoms with E-state index in [0.717, 1.165) is 10.8 Å². The van der Waals surface area contributed by atoms with Crippen molar-refractivity contribution in [3.05, 3.63) is 114 Å². The van der Waals surface area contributed by atoms with Crippen molar-refractivity contribution in [3.8, 4) is 0 Å². The van der Waals surface area contributed by atoms with Gasteiger partial charge in [0.05, 0.1) is 11.3 Å². The summed E-state index contributed by atoms with van der Waals surface area (Å²) in [4.78, 5) is 31.7. The largest absolute Gasteiger partial charge is 0.507 e. The van der Waals surface area contributed by atoms with Crippen molar-refractivity contribution in [2.45, 2.75) is 6.04 Å². The number of ketones is 1. The number of halogens is 1. The number of aliphatic hydroxyl groups excluding tert-OH is 1. The van der Waals surface area contributed by atoms with Crippen LogP contribution in [0.3, 0.4) is 0 Å². The van der Waals surface area contributed by atoms with Crippen LogP contribution in [0.25, 0.3) is 16.5 Å². The lowest BCUT2D eigenvalue weighted by molar-refractivity contribution is -0.132. The molecule has 1 aliphatic heterocycles. The Morgan fingerprint density at radius 1 is 0.875 bits per heavy atom. The van der Waals surface area contributed by atoms with Crippen LogP contribution < -0.4 is 4.90 Å². The molecule has 0 radical (unpaired) electrons. The summed E-state index contributed by atoms with van der Waals surface area (Å²) in [6, 6.07) is 22.4. The number of hydrogen-bond donors (Lipinski definition) is 1. The summed E-state index contributed by atoms with van der Waals surface area (Å²) in [5.41, 5.74) is 1.11. The molecule has 1 fully saturated rings. The minimum Gasteiger partial charge on any atom is -0.507 e. The second kappa shape index (κ2) is 7.74. The summed E-state index contributed by atoms with van der Waals surface area (Å²) in [7, 11) is 0. The highest BCUT2D eigenvalue weighted by Crippen LogP contribution is 2.41. The van der Waals surface area contributed by atoms with Crippen LogP contribution in [0.15, 0.2) is 96.7 Å². The van der Waals surface area contributed by atoms with E-state index in [1.54, 1.807) is 36.5 Å². The molecule has 1 aliphatic rings. The third-order valence-electron chi connectivity index (χ3n) is 5.54. The maximum atomic E-state index is 13.5. The molecule has 32 heavy (non-hydrogen) atoms. The van der Waals surface area contributed by atoms with Crippen molar-refractivity contribution < 1.29 is 19.1 Å². The predicted octanol–water partition coefficient (Wildman–Crippen LogP) is 5.00. The number of nitrogens with zero attached hydrogens (tertiary/aromatic N) is 2. The van der Waals surface area contributed by atoms with Crippen molar-refractivity contribution in [1.82, 2.24) is 4.98 Å². The van der Waals surface area contributed by atoms with E-state index in [-0.39, 0.29) is 11.3 Å². The highest BCUT2D eigenvalue weighted by Gasteiger charge is 2.47. The van der Waals surface area contributed by atoms with E-state index in [0.29, 0.717) is 16.9 Å². The molecule has 1 unspecified atom stereocenters. The van der Waals surface area contributed by atoms with Crippen LogP contribution in [0.4, 0.5) is 10.1 Å². The number of carbonyl (C=O) groups excluding carboxylic acids is 2. The highest BCUT2D eigenvalue weighted by atomic mass is 19.1. The number of pyridine rings is 1. The van der Waals surface area contributed by atoms with Crippen molar-refractivity contribution in [3.63, 3.8) is 0 Å². The van der Waals surface area contributed by atoms with E-state index in [4.69, 9.17) is 0 Å². The summed E-state index contributed by atoms with van der Waals surface area (Å²) >= 11 is 0. The number of hydrogen-bond acceptors (Lipinski definition) is 4. The second-order valence-electron chi connectivity index (χ2n) is 7.46. The number of aliphatic hydroxyl groups is 1. The fraction of sp³-hybridized carbons (Fsp3) is 0.0385. The smallest absolute Gasteiger partial charge is 0.300 e.